The lowest BCUT2D eigenvalue weighted by Gasteiger charge is -2.10. The second-order valence-corrected chi connectivity index (χ2v) is 5.56. The van der Waals surface area contributed by atoms with E-state index in [0.29, 0.717) is 6.61 Å². The largest absolute Gasteiger partial charge is 0.378 e. The van der Waals surface area contributed by atoms with Crippen LogP contribution in [0.4, 0.5) is 0 Å². The van der Waals surface area contributed by atoms with E-state index in [0.717, 1.165) is 18.2 Å². The van der Waals surface area contributed by atoms with Gasteiger partial charge in [-0.1, -0.05) is 42.3 Å². The number of nitrogens with zero attached hydrogens (tertiary/aromatic N) is 3. The molecule has 0 unspecified atom stereocenters. The highest BCUT2D eigenvalue weighted by atomic mass is 16.5. The van der Waals surface area contributed by atoms with Crippen molar-refractivity contribution in [3.8, 4) is 0 Å². The zero-order valence-corrected chi connectivity index (χ0v) is 12.0. The average molecular weight is 271 g/mol. The van der Waals surface area contributed by atoms with Gasteiger partial charge in [-0.05, 0) is 29.9 Å². The summed E-state index contributed by atoms with van der Waals surface area (Å²) in [6.45, 7) is 1.28. The smallest absolute Gasteiger partial charge is 0.108 e. The van der Waals surface area contributed by atoms with Crippen molar-refractivity contribution in [2.24, 2.45) is 0 Å². The first-order valence-corrected chi connectivity index (χ1v) is 7.32. The second kappa shape index (κ2) is 6.18. The van der Waals surface area contributed by atoms with Gasteiger partial charge in [0, 0.05) is 7.11 Å². The highest BCUT2D eigenvalue weighted by Crippen LogP contribution is 2.33. The molecule has 20 heavy (non-hydrogen) atoms. The Morgan fingerprint density at radius 2 is 1.95 bits per heavy atom. The molecule has 0 spiro atoms. The van der Waals surface area contributed by atoms with Crippen LogP contribution in [0.2, 0.25) is 0 Å². The van der Waals surface area contributed by atoms with Crippen molar-refractivity contribution in [2.75, 3.05) is 7.11 Å². The van der Waals surface area contributed by atoms with Gasteiger partial charge in [-0.2, -0.15) is 0 Å². The molecule has 4 heteroatoms. The molecule has 1 aliphatic carbocycles. The third-order valence-corrected chi connectivity index (χ3v) is 4.03. The van der Waals surface area contributed by atoms with Crippen LogP contribution >= 0.6 is 0 Å². The van der Waals surface area contributed by atoms with Crippen molar-refractivity contribution in [2.45, 2.75) is 44.8 Å². The summed E-state index contributed by atoms with van der Waals surface area (Å²) in [7, 11) is 1.67. The van der Waals surface area contributed by atoms with Gasteiger partial charge in [-0.3, -0.25) is 0 Å². The Kier molecular flexibility index (Phi) is 4.11. The quantitative estimate of drug-likeness (QED) is 0.838. The van der Waals surface area contributed by atoms with E-state index in [9.17, 15) is 0 Å². The lowest BCUT2D eigenvalue weighted by molar-refractivity contribution is 0.181. The van der Waals surface area contributed by atoms with Gasteiger partial charge in [-0.25, -0.2) is 4.68 Å². The molecular formula is C16H21N3O. The van der Waals surface area contributed by atoms with E-state index in [1.165, 1.54) is 36.8 Å². The van der Waals surface area contributed by atoms with E-state index >= 15 is 0 Å². The minimum Gasteiger partial charge on any atom is -0.378 e. The molecule has 1 fully saturated rings. The molecule has 0 atom stereocenters. The van der Waals surface area contributed by atoms with E-state index in [1.807, 2.05) is 10.9 Å². The van der Waals surface area contributed by atoms with Gasteiger partial charge in [0.05, 0.1) is 19.3 Å². The molecule has 1 aliphatic rings. The monoisotopic (exact) mass is 271 g/mol. The molecule has 0 bridgehead atoms. The van der Waals surface area contributed by atoms with E-state index in [-0.39, 0.29) is 0 Å². The predicted molar refractivity (Wildman–Crippen MR) is 77.5 cm³/mol. The zero-order chi connectivity index (χ0) is 13.8. The maximum atomic E-state index is 5.05. The van der Waals surface area contributed by atoms with Crippen molar-refractivity contribution in [1.29, 1.82) is 0 Å². The van der Waals surface area contributed by atoms with Crippen LogP contribution in [-0.2, 0) is 17.9 Å². The van der Waals surface area contributed by atoms with Gasteiger partial charge in [-0.15, -0.1) is 5.10 Å². The van der Waals surface area contributed by atoms with Gasteiger partial charge in [0.1, 0.15) is 5.69 Å². The topological polar surface area (TPSA) is 39.9 Å². The Bertz CT molecular complexity index is 541. The number of methoxy groups -OCH3 is 1. The van der Waals surface area contributed by atoms with Gasteiger partial charge in [0.2, 0.25) is 0 Å². The molecule has 0 aliphatic heterocycles. The van der Waals surface area contributed by atoms with Crippen molar-refractivity contribution >= 4 is 0 Å². The van der Waals surface area contributed by atoms with Crippen molar-refractivity contribution in [3.63, 3.8) is 0 Å². The predicted octanol–water partition coefficient (Wildman–Crippen LogP) is 3.13. The van der Waals surface area contributed by atoms with Crippen LogP contribution in [-0.4, -0.2) is 22.1 Å². The summed E-state index contributed by atoms with van der Waals surface area (Å²) in [5.41, 5.74) is 3.63. The number of benzene rings is 1. The highest BCUT2D eigenvalue weighted by molar-refractivity contribution is 5.26. The van der Waals surface area contributed by atoms with Gasteiger partial charge >= 0.3 is 0 Å². The fraction of sp³-hybridized carbons (Fsp3) is 0.500. The average Bonchev–Trinajstić information content (AvgIpc) is 3.12. The van der Waals surface area contributed by atoms with Crippen molar-refractivity contribution < 1.29 is 4.74 Å². The first-order chi connectivity index (χ1) is 9.85. The fourth-order valence-corrected chi connectivity index (χ4v) is 2.97. The molecule has 0 saturated heterocycles. The molecule has 0 radical (unpaired) electrons. The number of rotatable bonds is 5. The first-order valence-electron chi connectivity index (χ1n) is 7.32. The molecule has 1 heterocycles. The molecule has 106 valence electrons. The number of ether oxygens (including phenoxy) is 1. The zero-order valence-electron chi connectivity index (χ0n) is 12.0. The SMILES string of the molecule is COCc1cn(Cc2ccc(C3CCCC3)cc2)nn1. The fourth-order valence-electron chi connectivity index (χ4n) is 2.97. The summed E-state index contributed by atoms with van der Waals surface area (Å²) in [4.78, 5) is 0. The molecule has 1 aromatic carbocycles. The third kappa shape index (κ3) is 3.07. The van der Waals surface area contributed by atoms with E-state index in [2.05, 4.69) is 34.6 Å². The summed E-state index contributed by atoms with van der Waals surface area (Å²) in [5, 5.41) is 8.19. The Balaban J connectivity index is 1.64. The van der Waals surface area contributed by atoms with Crippen LogP contribution in [0.15, 0.2) is 30.5 Å². The summed E-state index contributed by atoms with van der Waals surface area (Å²) in [5.74, 6) is 0.781. The maximum Gasteiger partial charge on any atom is 0.108 e. The summed E-state index contributed by atoms with van der Waals surface area (Å²) in [6.07, 6.45) is 7.40. The van der Waals surface area contributed by atoms with Crippen LogP contribution in [0.1, 0.15) is 48.4 Å². The summed E-state index contributed by atoms with van der Waals surface area (Å²) >= 11 is 0. The molecule has 0 N–H and O–H groups in total. The Labute approximate surface area is 119 Å². The highest BCUT2D eigenvalue weighted by Gasteiger charge is 2.16. The molecule has 1 aromatic heterocycles. The normalized spacial score (nSPS) is 15.8. The number of hydrogen-bond donors (Lipinski definition) is 0. The number of hydrogen-bond acceptors (Lipinski definition) is 3. The lowest BCUT2D eigenvalue weighted by Crippen LogP contribution is -2.01. The van der Waals surface area contributed by atoms with E-state index < -0.39 is 0 Å². The van der Waals surface area contributed by atoms with Crippen LogP contribution < -0.4 is 0 Å². The maximum absolute atomic E-state index is 5.05. The van der Waals surface area contributed by atoms with E-state index in [1.54, 1.807) is 7.11 Å². The molecule has 4 nitrogen and oxygen atoms in total. The van der Waals surface area contributed by atoms with Gasteiger partial charge < -0.3 is 4.74 Å². The number of aromatic nitrogens is 3. The molecular weight excluding hydrogens is 250 g/mol. The van der Waals surface area contributed by atoms with Gasteiger partial charge in [0.25, 0.3) is 0 Å². The van der Waals surface area contributed by atoms with Crippen LogP contribution in [0.3, 0.4) is 0 Å². The van der Waals surface area contributed by atoms with Crippen LogP contribution in [0.25, 0.3) is 0 Å². The Morgan fingerprint density at radius 3 is 2.65 bits per heavy atom. The first kappa shape index (κ1) is 13.3. The van der Waals surface area contributed by atoms with Crippen LogP contribution in [0.5, 0.6) is 0 Å². The minimum absolute atomic E-state index is 0.515. The Morgan fingerprint density at radius 1 is 1.20 bits per heavy atom. The molecule has 2 aromatic rings. The molecule has 1 saturated carbocycles. The molecule has 3 rings (SSSR count). The lowest BCUT2D eigenvalue weighted by atomic mass is 9.97. The van der Waals surface area contributed by atoms with E-state index in [4.69, 9.17) is 4.74 Å². The van der Waals surface area contributed by atoms with Crippen molar-refractivity contribution in [3.05, 3.63) is 47.3 Å². The summed E-state index contributed by atoms with van der Waals surface area (Å²) < 4.78 is 6.91. The van der Waals surface area contributed by atoms with Crippen LogP contribution in [0, 0.1) is 0 Å². The molecule has 0 amide bonds. The second-order valence-electron chi connectivity index (χ2n) is 5.56. The summed E-state index contributed by atoms with van der Waals surface area (Å²) in [6, 6.07) is 8.98. The van der Waals surface area contributed by atoms with Gasteiger partial charge in [0.15, 0.2) is 0 Å². The standard InChI is InChI=1S/C16H21N3O/c1-20-12-16-11-19(18-17-16)10-13-6-8-15(9-7-13)14-4-2-3-5-14/h6-9,11,14H,2-5,10,12H2,1H3. The third-order valence-electron chi connectivity index (χ3n) is 4.03. The van der Waals surface area contributed by atoms with Crippen molar-refractivity contribution in [1.82, 2.24) is 15.0 Å². The minimum atomic E-state index is 0.515. The Hall–Kier alpha value is -1.68.